The van der Waals surface area contributed by atoms with Crippen LogP contribution < -0.4 is 10.6 Å². The summed E-state index contributed by atoms with van der Waals surface area (Å²) in [5.41, 5.74) is 1.26. The van der Waals surface area contributed by atoms with Crippen LogP contribution in [0.15, 0.2) is 49.1 Å². The van der Waals surface area contributed by atoms with Gasteiger partial charge < -0.3 is 16.0 Å². The second-order valence-corrected chi connectivity index (χ2v) is 5.11. The van der Waals surface area contributed by atoms with E-state index in [1.54, 1.807) is 24.7 Å². The number of halogens is 2. The van der Waals surface area contributed by atoms with Gasteiger partial charge in [0.1, 0.15) is 23.3 Å². The molecule has 0 amide bonds. The summed E-state index contributed by atoms with van der Waals surface area (Å²) >= 11 is 0. The van der Waals surface area contributed by atoms with Crippen molar-refractivity contribution >= 4 is 23.5 Å². The number of rotatable bonds is 6. The molecule has 1 aromatic carbocycles. The third-order valence-corrected chi connectivity index (χ3v) is 3.39. The van der Waals surface area contributed by atoms with Gasteiger partial charge in [-0.3, -0.25) is 4.98 Å². The van der Waals surface area contributed by atoms with Crippen molar-refractivity contribution in [2.45, 2.75) is 6.54 Å². The quantitative estimate of drug-likeness (QED) is 0.598. The highest BCUT2D eigenvalue weighted by Crippen LogP contribution is 2.21. The normalized spacial score (nSPS) is 10.3. The molecule has 2 aromatic heterocycles. The van der Waals surface area contributed by atoms with Gasteiger partial charge in [-0.2, -0.15) is 0 Å². The van der Waals surface area contributed by atoms with Gasteiger partial charge in [-0.05, 0) is 18.2 Å². The lowest BCUT2D eigenvalue weighted by Gasteiger charge is -2.12. The van der Waals surface area contributed by atoms with Crippen LogP contribution in [0, 0.1) is 17.0 Å². The van der Waals surface area contributed by atoms with Crippen molar-refractivity contribution in [3.8, 4) is 0 Å². The van der Waals surface area contributed by atoms with Gasteiger partial charge in [0.05, 0.1) is 6.20 Å². The van der Waals surface area contributed by atoms with Crippen LogP contribution in [0.25, 0.3) is 0 Å². The molecule has 6 nitrogen and oxygen atoms in total. The first-order valence-corrected chi connectivity index (χ1v) is 7.37. The molecule has 25 heavy (non-hydrogen) atoms. The fraction of sp³-hybridized carbons (Fsp3) is 0.0588. The van der Waals surface area contributed by atoms with Crippen LogP contribution in [0.3, 0.4) is 0 Å². The number of pyridine rings is 1. The lowest BCUT2D eigenvalue weighted by Crippen LogP contribution is -2.06. The molecule has 0 aliphatic heterocycles. The molecule has 0 aliphatic carbocycles. The standard InChI is InChI=1S/C17H14F2N6/c18-13-1-2-14(19)11(5-13)8-23-15-6-16(24-9-12(15)7-20)25-17-10-21-3-4-22-17/h1-7,9-10,20H,8H2,(H2,22,23,24,25). The zero-order valence-electron chi connectivity index (χ0n) is 13.0. The second kappa shape index (κ2) is 7.43. The number of hydrogen-bond acceptors (Lipinski definition) is 6. The molecule has 0 saturated heterocycles. The van der Waals surface area contributed by atoms with E-state index in [-0.39, 0.29) is 12.1 Å². The van der Waals surface area contributed by atoms with Crippen molar-refractivity contribution < 1.29 is 8.78 Å². The van der Waals surface area contributed by atoms with Gasteiger partial charge in [0.15, 0.2) is 0 Å². The Morgan fingerprint density at radius 1 is 1.04 bits per heavy atom. The van der Waals surface area contributed by atoms with Crippen LogP contribution in [0.1, 0.15) is 11.1 Å². The smallest absolute Gasteiger partial charge is 0.150 e. The van der Waals surface area contributed by atoms with Crippen molar-refractivity contribution in [1.82, 2.24) is 15.0 Å². The van der Waals surface area contributed by atoms with Crippen molar-refractivity contribution in [2.75, 3.05) is 10.6 Å². The van der Waals surface area contributed by atoms with Crippen molar-refractivity contribution in [1.29, 1.82) is 5.41 Å². The van der Waals surface area contributed by atoms with Crippen LogP contribution in [0.5, 0.6) is 0 Å². The van der Waals surface area contributed by atoms with Gasteiger partial charge in [-0.25, -0.2) is 18.7 Å². The number of nitrogens with zero attached hydrogens (tertiary/aromatic N) is 3. The van der Waals surface area contributed by atoms with Gasteiger partial charge in [0.2, 0.25) is 0 Å². The maximum atomic E-state index is 13.7. The number of aromatic nitrogens is 3. The average molecular weight is 340 g/mol. The largest absolute Gasteiger partial charge is 0.380 e. The SMILES string of the molecule is N=Cc1cnc(Nc2cnccn2)cc1NCc1cc(F)ccc1F. The van der Waals surface area contributed by atoms with E-state index >= 15 is 0 Å². The Bertz CT molecular complexity index is 886. The summed E-state index contributed by atoms with van der Waals surface area (Å²) in [5.74, 6) is -0.0180. The molecule has 3 N–H and O–H groups in total. The van der Waals surface area contributed by atoms with Crippen LogP contribution in [-0.2, 0) is 6.54 Å². The predicted octanol–water partition coefficient (Wildman–Crippen LogP) is 3.50. The number of benzene rings is 1. The van der Waals surface area contributed by atoms with Crippen LogP contribution >= 0.6 is 0 Å². The Morgan fingerprint density at radius 3 is 2.68 bits per heavy atom. The third-order valence-electron chi connectivity index (χ3n) is 3.39. The summed E-state index contributed by atoms with van der Waals surface area (Å²) in [7, 11) is 0. The molecule has 3 aromatic rings. The second-order valence-electron chi connectivity index (χ2n) is 5.11. The summed E-state index contributed by atoms with van der Waals surface area (Å²) in [6.45, 7) is 0.0685. The van der Waals surface area contributed by atoms with Gasteiger partial charge in [0.25, 0.3) is 0 Å². The lowest BCUT2D eigenvalue weighted by atomic mass is 10.2. The summed E-state index contributed by atoms with van der Waals surface area (Å²) in [6.07, 6.45) is 7.26. The Labute approximate surface area is 142 Å². The zero-order valence-corrected chi connectivity index (χ0v) is 13.0. The predicted molar refractivity (Wildman–Crippen MR) is 91.1 cm³/mol. The molecule has 0 spiro atoms. The van der Waals surface area contributed by atoms with Crippen molar-refractivity contribution in [3.63, 3.8) is 0 Å². The van der Waals surface area contributed by atoms with Crippen LogP contribution in [0.2, 0.25) is 0 Å². The van der Waals surface area contributed by atoms with Crippen LogP contribution in [-0.4, -0.2) is 21.2 Å². The first-order valence-electron chi connectivity index (χ1n) is 7.37. The molecule has 8 heteroatoms. The zero-order chi connectivity index (χ0) is 17.6. The van der Waals surface area contributed by atoms with E-state index in [1.807, 2.05) is 0 Å². The van der Waals surface area contributed by atoms with E-state index in [1.165, 1.54) is 6.20 Å². The minimum atomic E-state index is -0.509. The number of hydrogen-bond donors (Lipinski definition) is 3. The highest BCUT2D eigenvalue weighted by molar-refractivity contribution is 5.86. The highest BCUT2D eigenvalue weighted by Gasteiger charge is 2.08. The number of anilines is 3. The van der Waals surface area contributed by atoms with Gasteiger partial charge in [-0.1, -0.05) is 0 Å². The Kier molecular flexibility index (Phi) is 4.89. The van der Waals surface area contributed by atoms with Gasteiger partial charge in [0, 0.05) is 54.2 Å². The average Bonchev–Trinajstić information content (AvgIpc) is 2.63. The third kappa shape index (κ3) is 4.11. The monoisotopic (exact) mass is 340 g/mol. The van der Waals surface area contributed by atoms with Crippen molar-refractivity contribution in [3.05, 3.63) is 71.8 Å². The summed E-state index contributed by atoms with van der Waals surface area (Å²) in [6, 6.07) is 4.94. The molecule has 0 unspecified atom stereocenters. The van der Waals surface area contributed by atoms with Crippen molar-refractivity contribution in [2.24, 2.45) is 0 Å². The molecular weight excluding hydrogens is 326 g/mol. The number of nitrogens with one attached hydrogen (secondary N) is 3. The van der Waals surface area contributed by atoms with E-state index in [4.69, 9.17) is 5.41 Å². The summed E-state index contributed by atoms with van der Waals surface area (Å²) in [5, 5.41) is 13.4. The summed E-state index contributed by atoms with van der Waals surface area (Å²) < 4.78 is 27.0. The van der Waals surface area contributed by atoms with Gasteiger partial charge >= 0.3 is 0 Å². The van der Waals surface area contributed by atoms with E-state index in [0.29, 0.717) is 22.9 Å². The molecule has 0 atom stereocenters. The highest BCUT2D eigenvalue weighted by atomic mass is 19.1. The molecule has 0 aliphatic rings. The van der Waals surface area contributed by atoms with E-state index in [0.717, 1.165) is 24.4 Å². The molecule has 126 valence electrons. The lowest BCUT2D eigenvalue weighted by molar-refractivity contribution is 0.587. The molecule has 3 rings (SSSR count). The van der Waals surface area contributed by atoms with E-state index < -0.39 is 11.6 Å². The molecule has 0 radical (unpaired) electrons. The van der Waals surface area contributed by atoms with Gasteiger partial charge in [-0.15, -0.1) is 0 Å². The maximum absolute atomic E-state index is 13.7. The van der Waals surface area contributed by atoms with E-state index in [2.05, 4.69) is 25.6 Å². The minimum absolute atomic E-state index is 0.0685. The first kappa shape index (κ1) is 16.4. The molecule has 2 heterocycles. The summed E-state index contributed by atoms with van der Waals surface area (Å²) in [4.78, 5) is 12.2. The molecule has 0 saturated carbocycles. The van der Waals surface area contributed by atoms with Crippen LogP contribution in [0.4, 0.5) is 26.1 Å². The molecule has 0 fully saturated rings. The molecule has 0 bridgehead atoms. The fourth-order valence-electron chi connectivity index (χ4n) is 2.17. The minimum Gasteiger partial charge on any atom is -0.380 e. The first-order chi connectivity index (χ1) is 12.2. The Balaban J connectivity index is 1.80. The fourth-order valence-corrected chi connectivity index (χ4v) is 2.17. The topological polar surface area (TPSA) is 86.6 Å². The molecular formula is C17H14F2N6. The van der Waals surface area contributed by atoms with E-state index in [9.17, 15) is 8.78 Å². The maximum Gasteiger partial charge on any atom is 0.150 e. The Morgan fingerprint density at radius 2 is 1.92 bits per heavy atom. The Hall–Kier alpha value is -3.42.